The van der Waals surface area contributed by atoms with Gasteiger partial charge in [-0.15, -0.1) is 0 Å². The van der Waals surface area contributed by atoms with Crippen LogP contribution in [0.25, 0.3) is 16.6 Å². The highest BCUT2D eigenvalue weighted by molar-refractivity contribution is 5.79. The lowest BCUT2D eigenvalue weighted by Crippen LogP contribution is -2.53. The minimum absolute atomic E-state index is 0.00783. The average Bonchev–Trinajstić information content (AvgIpc) is 3.31. The Labute approximate surface area is 193 Å². The van der Waals surface area contributed by atoms with Crippen LogP contribution in [-0.2, 0) is 11.3 Å². The molecule has 3 heterocycles. The number of hydrogen-bond acceptors (Lipinski definition) is 3. The van der Waals surface area contributed by atoms with Gasteiger partial charge in [-0.1, -0.05) is 24.3 Å². The molecule has 6 heteroatoms. The summed E-state index contributed by atoms with van der Waals surface area (Å²) in [6, 6.07) is 20.5. The number of amides is 1. The molecular formula is C27H30N4O2. The van der Waals surface area contributed by atoms with Crippen LogP contribution < -0.4 is 10.5 Å². The molecule has 0 N–H and O–H groups in total. The first kappa shape index (κ1) is 21.3. The molecule has 0 aliphatic carbocycles. The molecule has 6 nitrogen and oxygen atoms in total. The number of piperazine rings is 1. The van der Waals surface area contributed by atoms with E-state index in [1.165, 1.54) is 11.3 Å². The van der Waals surface area contributed by atoms with Crippen LogP contribution in [-0.4, -0.2) is 45.5 Å². The predicted octanol–water partition coefficient (Wildman–Crippen LogP) is 4.08. The molecule has 0 radical (unpaired) electrons. The van der Waals surface area contributed by atoms with Gasteiger partial charge in [0.05, 0.1) is 11.0 Å². The summed E-state index contributed by atoms with van der Waals surface area (Å²) in [5, 5.41) is 0. The maximum absolute atomic E-state index is 13.1. The van der Waals surface area contributed by atoms with Crippen molar-refractivity contribution in [1.82, 2.24) is 13.9 Å². The molecule has 2 aromatic carbocycles. The van der Waals surface area contributed by atoms with E-state index in [0.29, 0.717) is 24.9 Å². The zero-order valence-electron chi connectivity index (χ0n) is 19.3. The van der Waals surface area contributed by atoms with E-state index < -0.39 is 0 Å². The van der Waals surface area contributed by atoms with Gasteiger partial charge in [0.25, 0.3) is 5.56 Å². The zero-order valence-corrected chi connectivity index (χ0v) is 19.3. The minimum atomic E-state index is -0.00783. The van der Waals surface area contributed by atoms with E-state index in [1.54, 1.807) is 0 Å². The summed E-state index contributed by atoms with van der Waals surface area (Å²) in [6.07, 6.45) is 3.01. The van der Waals surface area contributed by atoms with Gasteiger partial charge in [-0.25, -0.2) is 0 Å². The second-order valence-corrected chi connectivity index (χ2v) is 9.03. The van der Waals surface area contributed by atoms with Gasteiger partial charge < -0.3 is 18.8 Å². The normalized spacial score (nSPS) is 16.6. The lowest BCUT2D eigenvalue weighted by Gasteiger charge is -2.41. The van der Waals surface area contributed by atoms with E-state index in [9.17, 15) is 9.59 Å². The van der Waals surface area contributed by atoms with Gasteiger partial charge >= 0.3 is 0 Å². The second kappa shape index (κ2) is 8.77. The first-order valence-electron chi connectivity index (χ1n) is 11.7. The smallest absolute Gasteiger partial charge is 0.275 e. The van der Waals surface area contributed by atoms with Crippen LogP contribution in [0.5, 0.6) is 0 Å². The van der Waals surface area contributed by atoms with Crippen LogP contribution in [0.4, 0.5) is 5.69 Å². The van der Waals surface area contributed by atoms with E-state index in [1.807, 2.05) is 56.5 Å². The number of aromatic nitrogens is 2. The van der Waals surface area contributed by atoms with Crippen molar-refractivity contribution in [2.75, 3.05) is 24.5 Å². The maximum atomic E-state index is 13.1. The Balaban J connectivity index is 1.25. The molecule has 33 heavy (non-hydrogen) atoms. The standard InChI is InChI=1S/C27H30N4O2/c1-20-8-5-9-22(18-20)29-17-16-28(19-21(29)2)26(32)13-7-15-31-24-11-4-3-10-23(24)30-14-6-12-25(30)27(31)33/h3-6,8-12,14,18,21H,7,13,15-17,19H2,1-2H3. The van der Waals surface area contributed by atoms with Crippen molar-refractivity contribution < 1.29 is 4.79 Å². The third-order valence-corrected chi connectivity index (χ3v) is 6.73. The molecule has 0 spiro atoms. The van der Waals surface area contributed by atoms with E-state index in [-0.39, 0.29) is 17.5 Å². The van der Waals surface area contributed by atoms with Crippen molar-refractivity contribution in [3.63, 3.8) is 0 Å². The number of anilines is 1. The van der Waals surface area contributed by atoms with Gasteiger partial charge in [-0.3, -0.25) is 9.59 Å². The number of fused-ring (bicyclic) bond motifs is 3. The summed E-state index contributed by atoms with van der Waals surface area (Å²) in [5.41, 5.74) is 5.04. The fraction of sp³-hybridized carbons (Fsp3) is 0.333. The van der Waals surface area contributed by atoms with Crippen molar-refractivity contribution >= 4 is 28.1 Å². The number of carbonyl (C=O) groups excluding carboxylic acids is 1. The van der Waals surface area contributed by atoms with Gasteiger partial charge in [0.2, 0.25) is 5.91 Å². The van der Waals surface area contributed by atoms with Gasteiger partial charge in [0.15, 0.2) is 0 Å². The summed E-state index contributed by atoms with van der Waals surface area (Å²) in [7, 11) is 0. The summed E-state index contributed by atoms with van der Waals surface area (Å²) >= 11 is 0. The van der Waals surface area contributed by atoms with Gasteiger partial charge in [0, 0.05) is 50.5 Å². The largest absolute Gasteiger partial charge is 0.365 e. The fourth-order valence-corrected chi connectivity index (χ4v) is 5.05. The van der Waals surface area contributed by atoms with Crippen LogP contribution in [0.3, 0.4) is 0 Å². The molecule has 1 unspecified atom stereocenters. The molecule has 4 aromatic rings. The molecular weight excluding hydrogens is 412 g/mol. The Hall–Kier alpha value is -3.54. The lowest BCUT2D eigenvalue weighted by molar-refractivity contribution is -0.132. The number of aryl methyl sites for hydroxylation is 2. The molecule has 170 valence electrons. The molecule has 1 fully saturated rings. The van der Waals surface area contributed by atoms with Crippen molar-refractivity contribution in [3.8, 4) is 0 Å². The third-order valence-electron chi connectivity index (χ3n) is 6.73. The highest BCUT2D eigenvalue weighted by atomic mass is 16.2. The number of benzene rings is 2. The fourth-order valence-electron chi connectivity index (χ4n) is 5.05. The molecule has 1 atom stereocenters. The summed E-state index contributed by atoms with van der Waals surface area (Å²) in [4.78, 5) is 30.4. The molecule has 1 aliphatic heterocycles. The molecule has 5 rings (SSSR count). The lowest BCUT2D eigenvalue weighted by atomic mass is 10.1. The summed E-state index contributed by atoms with van der Waals surface area (Å²) in [6.45, 7) is 7.12. The molecule has 1 amide bonds. The Morgan fingerprint density at radius 1 is 0.970 bits per heavy atom. The Bertz CT molecular complexity index is 1370. The molecule has 0 bridgehead atoms. The van der Waals surface area contributed by atoms with Crippen molar-refractivity contribution in [1.29, 1.82) is 0 Å². The Morgan fingerprint density at radius 2 is 1.76 bits per heavy atom. The zero-order chi connectivity index (χ0) is 22.9. The van der Waals surface area contributed by atoms with Crippen molar-refractivity contribution in [2.45, 2.75) is 39.3 Å². The predicted molar refractivity (Wildman–Crippen MR) is 133 cm³/mol. The van der Waals surface area contributed by atoms with Crippen LogP contribution in [0.2, 0.25) is 0 Å². The quantitative estimate of drug-likeness (QED) is 0.468. The summed E-state index contributed by atoms with van der Waals surface area (Å²) < 4.78 is 3.75. The van der Waals surface area contributed by atoms with Gasteiger partial charge in [-0.05, 0) is 62.2 Å². The van der Waals surface area contributed by atoms with Crippen LogP contribution >= 0.6 is 0 Å². The van der Waals surface area contributed by atoms with E-state index >= 15 is 0 Å². The van der Waals surface area contributed by atoms with Crippen molar-refractivity contribution in [2.24, 2.45) is 0 Å². The first-order valence-corrected chi connectivity index (χ1v) is 11.7. The maximum Gasteiger partial charge on any atom is 0.275 e. The van der Waals surface area contributed by atoms with Crippen LogP contribution in [0.15, 0.2) is 71.7 Å². The SMILES string of the molecule is Cc1cccc(N2CCN(C(=O)CCCn3c(=O)c4cccn4c4ccccc43)CC2C)c1. The van der Waals surface area contributed by atoms with E-state index in [4.69, 9.17) is 0 Å². The Morgan fingerprint density at radius 3 is 2.55 bits per heavy atom. The highest BCUT2D eigenvalue weighted by Crippen LogP contribution is 2.22. The second-order valence-electron chi connectivity index (χ2n) is 9.03. The third kappa shape index (κ3) is 4.01. The van der Waals surface area contributed by atoms with Gasteiger partial charge in [-0.2, -0.15) is 0 Å². The van der Waals surface area contributed by atoms with Crippen molar-refractivity contribution in [3.05, 3.63) is 82.8 Å². The highest BCUT2D eigenvalue weighted by Gasteiger charge is 2.26. The Kier molecular flexibility index (Phi) is 5.67. The molecule has 2 aromatic heterocycles. The monoisotopic (exact) mass is 442 g/mol. The summed E-state index contributed by atoms with van der Waals surface area (Å²) in [5.74, 6) is 0.173. The number of hydrogen-bond donors (Lipinski definition) is 0. The average molecular weight is 443 g/mol. The van der Waals surface area contributed by atoms with Crippen LogP contribution in [0.1, 0.15) is 25.3 Å². The molecule has 1 aliphatic rings. The first-order chi connectivity index (χ1) is 16.0. The van der Waals surface area contributed by atoms with E-state index in [0.717, 1.165) is 30.7 Å². The minimum Gasteiger partial charge on any atom is -0.365 e. The topological polar surface area (TPSA) is 50.0 Å². The van der Waals surface area contributed by atoms with Gasteiger partial charge in [0.1, 0.15) is 5.52 Å². The molecule has 0 saturated carbocycles. The number of carbonyl (C=O) groups is 1. The van der Waals surface area contributed by atoms with Crippen LogP contribution in [0, 0.1) is 6.92 Å². The number of rotatable bonds is 5. The number of para-hydroxylation sites is 2. The molecule has 1 saturated heterocycles. The number of nitrogens with zero attached hydrogens (tertiary/aromatic N) is 4. The van der Waals surface area contributed by atoms with E-state index in [2.05, 4.69) is 43.0 Å².